The Morgan fingerprint density at radius 1 is 1.38 bits per heavy atom. The summed E-state index contributed by atoms with van der Waals surface area (Å²) < 4.78 is 18.9. The van der Waals surface area contributed by atoms with Gasteiger partial charge in [-0.05, 0) is 24.6 Å². The van der Waals surface area contributed by atoms with Crippen molar-refractivity contribution < 1.29 is 24.0 Å². The highest BCUT2D eigenvalue weighted by molar-refractivity contribution is 5.85. The normalized spacial score (nSPS) is 10.2. The molecular formula is C13H9FN2O5. The fourth-order valence-electron chi connectivity index (χ4n) is 1.57. The van der Waals surface area contributed by atoms with E-state index >= 15 is 0 Å². The minimum Gasteiger partial charge on any atom is -0.477 e. The first kappa shape index (κ1) is 14.4. The molecule has 108 valence electrons. The zero-order valence-electron chi connectivity index (χ0n) is 10.7. The fourth-order valence-corrected chi connectivity index (χ4v) is 1.57. The van der Waals surface area contributed by atoms with E-state index < -0.39 is 34.0 Å². The number of carboxylic acid groups (broad SMARTS) is 1. The number of rotatable bonds is 4. The Labute approximate surface area is 117 Å². The summed E-state index contributed by atoms with van der Waals surface area (Å²) in [4.78, 5) is 24.5. The lowest BCUT2D eigenvalue weighted by Gasteiger charge is -2.08. The van der Waals surface area contributed by atoms with Crippen LogP contribution in [-0.4, -0.2) is 21.0 Å². The molecule has 0 bridgehead atoms. The molecule has 0 amide bonds. The number of aromatic carboxylic acids is 1. The maximum Gasteiger partial charge on any atom is 0.354 e. The third-order valence-electron chi connectivity index (χ3n) is 2.62. The van der Waals surface area contributed by atoms with Crippen molar-refractivity contribution in [1.82, 2.24) is 4.98 Å². The predicted molar refractivity (Wildman–Crippen MR) is 69.1 cm³/mol. The number of aromatic nitrogens is 1. The van der Waals surface area contributed by atoms with Gasteiger partial charge in [-0.2, -0.15) is 4.98 Å². The Morgan fingerprint density at radius 3 is 2.71 bits per heavy atom. The molecule has 1 heterocycles. The Hall–Kier alpha value is -3.03. The second-order valence-corrected chi connectivity index (χ2v) is 4.07. The van der Waals surface area contributed by atoms with Gasteiger partial charge in [0.05, 0.1) is 4.92 Å². The van der Waals surface area contributed by atoms with E-state index in [1.807, 2.05) is 0 Å². The molecule has 0 spiro atoms. The van der Waals surface area contributed by atoms with Crippen molar-refractivity contribution in [1.29, 1.82) is 0 Å². The summed E-state index contributed by atoms with van der Waals surface area (Å²) in [6, 6.07) is 6.18. The van der Waals surface area contributed by atoms with E-state index in [0.717, 1.165) is 12.1 Å². The summed E-state index contributed by atoms with van der Waals surface area (Å²) in [5.41, 5.74) is -0.714. The summed E-state index contributed by atoms with van der Waals surface area (Å²) in [6.07, 6.45) is 0. The number of carbonyl (C=O) groups is 1. The van der Waals surface area contributed by atoms with Gasteiger partial charge in [0, 0.05) is 6.07 Å². The average Bonchev–Trinajstić information content (AvgIpc) is 2.43. The van der Waals surface area contributed by atoms with Crippen LogP contribution in [0.3, 0.4) is 0 Å². The second kappa shape index (κ2) is 5.53. The number of carboxylic acids is 1. The fraction of sp³-hybridized carbons (Fsp3) is 0.0769. The van der Waals surface area contributed by atoms with Gasteiger partial charge in [-0.3, -0.25) is 10.1 Å². The second-order valence-electron chi connectivity index (χ2n) is 4.07. The molecule has 0 saturated carbocycles. The quantitative estimate of drug-likeness (QED) is 0.686. The Morgan fingerprint density at radius 2 is 2.10 bits per heavy atom. The van der Waals surface area contributed by atoms with Crippen LogP contribution in [0.1, 0.15) is 16.1 Å². The third-order valence-corrected chi connectivity index (χ3v) is 2.62. The summed E-state index contributed by atoms with van der Waals surface area (Å²) in [5.74, 6) is -2.92. The molecule has 21 heavy (non-hydrogen) atoms. The molecule has 8 heteroatoms. The van der Waals surface area contributed by atoms with E-state index in [2.05, 4.69) is 4.98 Å². The molecule has 0 aliphatic carbocycles. The smallest absolute Gasteiger partial charge is 0.354 e. The lowest BCUT2D eigenvalue weighted by Crippen LogP contribution is -2.04. The predicted octanol–water partition coefficient (Wildman–Crippen LogP) is 2.93. The first-order valence-corrected chi connectivity index (χ1v) is 5.72. The molecule has 1 aromatic heterocycles. The average molecular weight is 292 g/mol. The molecule has 0 atom stereocenters. The lowest BCUT2D eigenvalue weighted by molar-refractivity contribution is -0.386. The molecule has 2 aromatic rings. The van der Waals surface area contributed by atoms with Crippen molar-refractivity contribution in [2.24, 2.45) is 0 Å². The number of nitrogens with zero attached hydrogens (tertiary/aromatic N) is 2. The topological polar surface area (TPSA) is 103 Å². The number of halogens is 1. The van der Waals surface area contributed by atoms with Crippen LogP contribution in [0.2, 0.25) is 0 Å². The molecule has 0 aliphatic rings. The molecule has 2 rings (SSSR count). The zero-order chi connectivity index (χ0) is 15.6. The Bertz CT molecular complexity index is 732. The van der Waals surface area contributed by atoms with Crippen LogP contribution in [0.15, 0.2) is 30.3 Å². The lowest BCUT2D eigenvalue weighted by atomic mass is 10.2. The SMILES string of the molecule is Cc1cccc(Oc2nc(C(=O)O)ccc2[N+](=O)[O-])c1F. The minimum atomic E-state index is -1.38. The Balaban J connectivity index is 2.51. The van der Waals surface area contributed by atoms with Crippen LogP contribution in [0, 0.1) is 22.9 Å². The van der Waals surface area contributed by atoms with Crippen molar-refractivity contribution in [2.45, 2.75) is 6.92 Å². The first-order valence-electron chi connectivity index (χ1n) is 5.72. The molecule has 7 nitrogen and oxygen atoms in total. The van der Waals surface area contributed by atoms with E-state index in [-0.39, 0.29) is 11.3 Å². The van der Waals surface area contributed by atoms with E-state index in [9.17, 15) is 19.3 Å². The molecule has 0 radical (unpaired) electrons. The maximum absolute atomic E-state index is 13.8. The zero-order valence-corrected chi connectivity index (χ0v) is 10.7. The highest BCUT2D eigenvalue weighted by Gasteiger charge is 2.21. The number of nitro groups is 1. The minimum absolute atomic E-state index is 0.270. The number of hydrogen-bond acceptors (Lipinski definition) is 5. The monoisotopic (exact) mass is 292 g/mol. The highest BCUT2D eigenvalue weighted by atomic mass is 19.1. The van der Waals surface area contributed by atoms with Crippen LogP contribution < -0.4 is 4.74 Å². The molecule has 0 fully saturated rings. The number of benzene rings is 1. The largest absolute Gasteiger partial charge is 0.477 e. The van der Waals surface area contributed by atoms with E-state index in [0.29, 0.717) is 0 Å². The van der Waals surface area contributed by atoms with Gasteiger partial charge in [0.2, 0.25) is 0 Å². The van der Waals surface area contributed by atoms with Crippen LogP contribution in [0.25, 0.3) is 0 Å². The standard InChI is InChI=1S/C13H9FN2O5/c1-7-3-2-4-10(11(7)14)21-12-9(16(19)20)6-5-8(15-12)13(17)18/h2-6H,1H3,(H,17,18). The van der Waals surface area contributed by atoms with E-state index in [1.165, 1.54) is 25.1 Å². The van der Waals surface area contributed by atoms with Crippen molar-refractivity contribution >= 4 is 11.7 Å². The van der Waals surface area contributed by atoms with Gasteiger partial charge in [0.1, 0.15) is 0 Å². The Kier molecular flexibility index (Phi) is 3.79. The number of ether oxygens (including phenoxy) is 1. The van der Waals surface area contributed by atoms with Gasteiger partial charge >= 0.3 is 17.5 Å². The van der Waals surface area contributed by atoms with E-state index in [1.54, 1.807) is 0 Å². The van der Waals surface area contributed by atoms with Gasteiger partial charge in [-0.1, -0.05) is 12.1 Å². The number of aryl methyl sites for hydroxylation is 1. The van der Waals surface area contributed by atoms with Gasteiger partial charge in [-0.15, -0.1) is 0 Å². The summed E-state index contributed by atoms with van der Waals surface area (Å²) in [7, 11) is 0. The van der Waals surface area contributed by atoms with E-state index in [4.69, 9.17) is 9.84 Å². The molecule has 0 saturated heterocycles. The summed E-state index contributed by atoms with van der Waals surface area (Å²) in [5, 5.41) is 19.7. The van der Waals surface area contributed by atoms with Gasteiger partial charge in [0.25, 0.3) is 0 Å². The first-order chi connectivity index (χ1) is 9.90. The third kappa shape index (κ3) is 2.94. The summed E-state index contributed by atoms with van der Waals surface area (Å²) in [6.45, 7) is 1.50. The van der Waals surface area contributed by atoms with Gasteiger partial charge in [-0.25, -0.2) is 9.18 Å². The molecule has 0 aliphatic heterocycles. The molecule has 0 unspecified atom stereocenters. The van der Waals surface area contributed by atoms with Crippen molar-refractivity contribution in [3.63, 3.8) is 0 Å². The van der Waals surface area contributed by atoms with Crippen molar-refractivity contribution in [3.05, 3.63) is 57.5 Å². The molecule has 1 aromatic carbocycles. The molecular weight excluding hydrogens is 283 g/mol. The van der Waals surface area contributed by atoms with Gasteiger partial charge < -0.3 is 9.84 Å². The van der Waals surface area contributed by atoms with Crippen molar-refractivity contribution in [2.75, 3.05) is 0 Å². The van der Waals surface area contributed by atoms with Crippen molar-refractivity contribution in [3.8, 4) is 11.6 Å². The number of pyridine rings is 1. The van der Waals surface area contributed by atoms with Crippen LogP contribution in [0.5, 0.6) is 11.6 Å². The highest BCUT2D eigenvalue weighted by Crippen LogP contribution is 2.31. The van der Waals surface area contributed by atoms with Crippen LogP contribution >= 0.6 is 0 Å². The summed E-state index contributed by atoms with van der Waals surface area (Å²) >= 11 is 0. The molecule has 1 N–H and O–H groups in total. The van der Waals surface area contributed by atoms with Crippen LogP contribution in [-0.2, 0) is 0 Å². The number of hydrogen-bond donors (Lipinski definition) is 1. The van der Waals surface area contributed by atoms with Gasteiger partial charge in [0.15, 0.2) is 17.3 Å². The maximum atomic E-state index is 13.8. The van der Waals surface area contributed by atoms with Crippen LogP contribution in [0.4, 0.5) is 10.1 Å².